The van der Waals surface area contributed by atoms with E-state index in [1.165, 1.54) is 6.42 Å². The van der Waals surface area contributed by atoms with Crippen molar-refractivity contribution in [3.8, 4) is 11.5 Å². The molecule has 1 aliphatic carbocycles. The number of halogens is 1. The quantitative estimate of drug-likeness (QED) is 0.837. The smallest absolute Gasteiger partial charge is 0.162 e. The zero-order chi connectivity index (χ0) is 11.9. The molecule has 2 aliphatic rings. The number of hydrogen-bond donors (Lipinski definition) is 1. The predicted molar refractivity (Wildman–Crippen MR) is 66.8 cm³/mol. The van der Waals surface area contributed by atoms with E-state index in [1.807, 2.05) is 12.1 Å². The Bertz CT molecular complexity index is 443. The molecule has 0 radical (unpaired) electrons. The van der Waals surface area contributed by atoms with Crippen molar-refractivity contribution in [3.63, 3.8) is 0 Å². The van der Waals surface area contributed by atoms with Gasteiger partial charge in [0.2, 0.25) is 0 Å². The first kappa shape index (κ1) is 11.2. The van der Waals surface area contributed by atoms with Gasteiger partial charge in [0.1, 0.15) is 0 Å². The molecule has 1 fully saturated rings. The van der Waals surface area contributed by atoms with E-state index in [1.54, 1.807) is 0 Å². The molecule has 3 rings (SSSR count). The van der Waals surface area contributed by atoms with E-state index in [4.69, 9.17) is 26.8 Å². The third-order valence-electron chi connectivity index (χ3n) is 3.62. The number of hydrogen-bond acceptors (Lipinski definition) is 3. The third kappa shape index (κ3) is 1.87. The Morgan fingerprint density at radius 3 is 2.29 bits per heavy atom. The van der Waals surface area contributed by atoms with Crippen LogP contribution in [0.3, 0.4) is 0 Å². The summed E-state index contributed by atoms with van der Waals surface area (Å²) in [6, 6.07) is 3.80. The molecule has 3 nitrogen and oxygen atoms in total. The number of benzene rings is 1. The highest BCUT2D eigenvalue weighted by Crippen LogP contribution is 2.45. The van der Waals surface area contributed by atoms with Crippen LogP contribution in [0.15, 0.2) is 12.1 Å². The van der Waals surface area contributed by atoms with Crippen molar-refractivity contribution >= 4 is 11.6 Å². The fourth-order valence-corrected chi connectivity index (χ4v) is 2.73. The van der Waals surface area contributed by atoms with E-state index < -0.39 is 0 Å². The average molecular weight is 254 g/mol. The Labute approximate surface area is 106 Å². The van der Waals surface area contributed by atoms with Crippen molar-refractivity contribution in [2.45, 2.75) is 31.2 Å². The van der Waals surface area contributed by atoms with Crippen LogP contribution in [0.2, 0.25) is 5.02 Å². The van der Waals surface area contributed by atoms with Gasteiger partial charge in [0.25, 0.3) is 0 Å². The van der Waals surface area contributed by atoms with E-state index in [-0.39, 0.29) is 5.54 Å². The molecule has 1 aliphatic heterocycles. The summed E-state index contributed by atoms with van der Waals surface area (Å²) >= 11 is 6.30. The van der Waals surface area contributed by atoms with E-state index in [9.17, 15) is 0 Å². The van der Waals surface area contributed by atoms with E-state index in [2.05, 4.69) is 0 Å². The molecule has 1 aromatic carbocycles. The molecular formula is C13H16ClNO2. The molecule has 92 valence electrons. The second kappa shape index (κ2) is 4.07. The van der Waals surface area contributed by atoms with Crippen LogP contribution in [0.5, 0.6) is 11.5 Å². The van der Waals surface area contributed by atoms with Gasteiger partial charge in [-0.2, -0.15) is 0 Å². The third-order valence-corrected chi connectivity index (χ3v) is 3.93. The van der Waals surface area contributed by atoms with Gasteiger partial charge in [0.05, 0.1) is 13.2 Å². The molecule has 0 spiro atoms. The first-order valence-electron chi connectivity index (χ1n) is 6.08. The summed E-state index contributed by atoms with van der Waals surface area (Å²) in [5.74, 6) is 1.51. The minimum Gasteiger partial charge on any atom is -0.490 e. The monoisotopic (exact) mass is 253 g/mol. The number of ether oxygens (including phenoxy) is 2. The summed E-state index contributed by atoms with van der Waals surface area (Å²) in [5.41, 5.74) is 7.05. The predicted octanol–water partition coefficient (Wildman–Crippen LogP) is 2.84. The standard InChI is InChI=1S/C13H16ClNO2/c14-10-8-12-11(16-5-2-6-17-12)7-9(10)13(15)3-1-4-13/h7-8H,1-6,15H2. The zero-order valence-electron chi connectivity index (χ0n) is 9.67. The first-order valence-corrected chi connectivity index (χ1v) is 6.45. The number of nitrogens with two attached hydrogens (primary N) is 1. The molecule has 0 aromatic heterocycles. The Morgan fingerprint density at radius 1 is 1.06 bits per heavy atom. The lowest BCUT2D eigenvalue weighted by Gasteiger charge is -2.39. The fourth-order valence-electron chi connectivity index (χ4n) is 2.39. The zero-order valence-corrected chi connectivity index (χ0v) is 10.4. The van der Waals surface area contributed by atoms with E-state index in [0.29, 0.717) is 18.2 Å². The molecule has 0 saturated heterocycles. The minimum absolute atomic E-state index is 0.262. The largest absolute Gasteiger partial charge is 0.490 e. The maximum atomic E-state index is 6.32. The van der Waals surface area contributed by atoms with Gasteiger partial charge in [-0.1, -0.05) is 11.6 Å². The molecule has 0 unspecified atom stereocenters. The summed E-state index contributed by atoms with van der Waals surface area (Å²) in [4.78, 5) is 0. The number of rotatable bonds is 1. The molecule has 1 aromatic rings. The highest BCUT2D eigenvalue weighted by molar-refractivity contribution is 6.31. The van der Waals surface area contributed by atoms with Crippen LogP contribution in [0.25, 0.3) is 0 Å². The summed E-state index contributed by atoms with van der Waals surface area (Å²) in [5, 5.41) is 0.691. The van der Waals surface area contributed by atoms with E-state index in [0.717, 1.165) is 36.3 Å². The topological polar surface area (TPSA) is 44.5 Å². The second-order valence-electron chi connectivity index (χ2n) is 4.84. The Hall–Kier alpha value is -0.930. The van der Waals surface area contributed by atoms with Gasteiger partial charge in [-0.3, -0.25) is 0 Å². The maximum absolute atomic E-state index is 6.32. The van der Waals surface area contributed by atoms with Crippen molar-refractivity contribution in [2.75, 3.05) is 13.2 Å². The summed E-state index contributed by atoms with van der Waals surface area (Å²) in [6.45, 7) is 1.36. The first-order chi connectivity index (χ1) is 8.19. The molecule has 1 heterocycles. The highest BCUT2D eigenvalue weighted by atomic mass is 35.5. The molecule has 0 bridgehead atoms. The normalized spacial score (nSPS) is 21.5. The van der Waals surface area contributed by atoms with Gasteiger partial charge >= 0.3 is 0 Å². The van der Waals surface area contributed by atoms with Gasteiger partial charge in [-0.15, -0.1) is 0 Å². The van der Waals surface area contributed by atoms with Crippen molar-refractivity contribution < 1.29 is 9.47 Å². The SMILES string of the molecule is NC1(c2cc3c(cc2Cl)OCCCO3)CCC1. The average Bonchev–Trinajstić information content (AvgIpc) is 2.49. The molecule has 4 heteroatoms. The Kier molecular flexibility index (Phi) is 2.68. The summed E-state index contributed by atoms with van der Waals surface area (Å²) < 4.78 is 11.3. The van der Waals surface area contributed by atoms with Gasteiger partial charge < -0.3 is 15.2 Å². The van der Waals surface area contributed by atoms with Gasteiger partial charge in [-0.05, 0) is 30.9 Å². The minimum atomic E-state index is -0.262. The van der Waals surface area contributed by atoms with Crippen LogP contribution in [0.1, 0.15) is 31.2 Å². The highest BCUT2D eigenvalue weighted by Gasteiger charge is 2.37. The van der Waals surface area contributed by atoms with Crippen molar-refractivity contribution in [3.05, 3.63) is 22.7 Å². The fraction of sp³-hybridized carbons (Fsp3) is 0.538. The van der Waals surface area contributed by atoms with Crippen LogP contribution in [-0.4, -0.2) is 13.2 Å². The van der Waals surface area contributed by atoms with E-state index >= 15 is 0 Å². The summed E-state index contributed by atoms with van der Waals surface area (Å²) in [6.07, 6.45) is 4.05. The molecule has 17 heavy (non-hydrogen) atoms. The van der Waals surface area contributed by atoms with Gasteiger partial charge in [0, 0.05) is 23.0 Å². The lowest BCUT2D eigenvalue weighted by atomic mass is 9.72. The van der Waals surface area contributed by atoms with Crippen molar-refractivity contribution in [1.82, 2.24) is 0 Å². The lowest BCUT2D eigenvalue weighted by molar-refractivity contribution is 0.251. The Morgan fingerprint density at radius 2 is 1.71 bits per heavy atom. The second-order valence-corrected chi connectivity index (χ2v) is 5.25. The van der Waals surface area contributed by atoms with Crippen LogP contribution < -0.4 is 15.2 Å². The van der Waals surface area contributed by atoms with Crippen LogP contribution in [0, 0.1) is 0 Å². The maximum Gasteiger partial charge on any atom is 0.162 e. The summed E-state index contributed by atoms with van der Waals surface area (Å²) in [7, 11) is 0. The van der Waals surface area contributed by atoms with Gasteiger partial charge in [-0.25, -0.2) is 0 Å². The van der Waals surface area contributed by atoms with Crippen molar-refractivity contribution in [2.24, 2.45) is 5.73 Å². The van der Waals surface area contributed by atoms with Gasteiger partial charge in [0.15, 0.2) is 11.5 Å². The molecule has 2 N–H and O–H groups in total. The molecule has 0 atom stereocenters. The van der Waals surface area contributed by atoms with Crippen LogP contribution in [0.4, 0.5) is 0 Å². The molecule has 0 amide bonds. The molecule has 1 saturated carbocycles. The van der Waals surface area contributed by atoms with Crippen LogP contribution >= 0.6 is 11.6 Å². The lowest BCUT2D eigenvalue weighted by Crippen LogP contribution is -2.43. The number of fused-ring (bicyclic) bond motifs is 1. The van der Waals surface area contributed by atoms with Crippen molar-refractivity contribution in [1.29, 1.82) is 0 Å². The molecular weight excluding hydrogens is 238 g/mol. The Balaban J connectivity index is 2.02. The van der Waals surface area contributed by atoms with Crippen LogP contribution in [-0.2, 0) is 5.54 Å².